The van der Waals surface area contributed by atoms with E-state index >= 15 is 0 Å². The topological polar surface area (TPSA) is 24.9 Å². The van der Waals surface area contributed by atoms with Crippen molar-refractivity contribution in [1.29, 1.82) is 0 Å². The van der Waals surface area contributed by atoms with E-state index in [4.69, 9.17) is 0 Å². The maximum atomic E-state index is 4.46. The molecule has 0 fully saturated rings. The van der Waals surface area contributed by atoms with Crippen LogP contribution in [0.3, 0.4) is 0 Å². The first kappa shape index (κ1) is 13.9. The van der Waals surface area contributed by atoms with Crippen LogP contribution in [0.1, 0.15) is 31.5 Å². The van der Waals surface area contributed by atoms with Crippen LogP contribution in [0, 0.1) is 0 Å². The van der Waals surface area contributed by atoms with Crippen LogP contribution in [-0.4, -0.2) is 11.5 Å². The van der Waals surface area contributed by atoms with Crippen molar-refractivity contribution in [2.45, 2.75) is 25.8 Å². The van der Waals surface area contributed by atoms with Gasteiger partial charge in [0.1, 0.15) is 0 Å². The highest BCUT2D eigenvalue weighted by molar-refractivity contribution is 9.11. The predicted octanol–water partition coefficient (Wildman–Crippen LogP) is 4.22. The molecule has 0 spiro atoms. The summed E-state index contributed by atoms with van der Waals surface area (Å²) in [4.78, 5) is 4.46. The van der Waals surface area contributed by atoms with Crippen molar-refractivity contribution in [2.24, 2.45) is 0 Å². The van der Waals surface area contributed by atoms with Crippen LogP contribution in [0.2, 0.25) is 0 Å². The SMILES string of the molecule is C=CCCC(NCC)c1ncc(Br)cc1Br. The molecule has 0 radical (unpaired) electrons. The van der Waals surface area contributed by atoms with Crippen molar-refractivity contribution in [3.05, 3.63) is 39.6 Å². The van der Waals surface area contributed by atoms with Gasteiger partial charge in [-0.3, -0.25) is 4.98 Å². The largest absolute Gasteiger partial charge is 0.309 e. The van der Waals surface area contributed by atoms with E-state index in [1.165, 1.54) is 0 Å². The molecule has 0 bridgehead atoms. The Hall–Kier alpha value is -0.190. The van der Waals surface area contributed by atoms with E-state index in [0.717, 1.165) is 34.0 Å². The Morgan fingerprint density at radius 3 is 2.88 bits per heavy atom. The van der Waals surface area contributed by atoms with Crippen LogP contribution >= 0.6 is 31.9 Å². The summed E-state index contributed by atoms with van der Waals surface area (Å²) in [5.74, 6) is 0. The van der Waals surface area contributed by atoms with Gasteiger partial charge in [0.2, 0.25) is 0 Å². The van der Waals surface area contributed by atoms with Crippen molar-refractivity contribution >= 4 is 31.9 Å². The van der Waals surface area contributed by atoms with Gasteiger partial charge in [-0.25, -0.2) is 0 Å². The van der Waals surface area contributed by atoms with E-state index in [9.17, 15) is 0 Å². The van der Waals surface area contributed by atoms with E-state index in [1.807, 2.05) is 18.3 Å². The van der Waals surface area contributed by atoms with E-state index < -0.39 is 0 Å². The molecule has 0 saturated carbocycles. The number of halogens is 2. The Morgan fingerprint density at radius 2 is 2.31 bits per heavy atom. The van der Waals surface area contributed by atoms with E-state index in [2.05, 4.69) is 55.7 Å². The molecule has 16 heavy (non-hydrogen) atoms. The average Bonchev–Trinajstić information content (AvgIpc) is 2.25. The van der Waals surface area contributed by atoms with E-state index in [1.54, 1.807) is 0 Å². The Morgan fingerprint density at radius 1 is 1.56 bits per heavy atom. The Labute approximate surface area is 114 Å². The number of nitrogens with zero attached hydrogens (tertiary/aromatic N) is 1. The van der Waals surface area contributed by atoms with Gasteiger partial charge < -0.3 is 5.32 Å². The molecule has 1 rings (SSSR count). The van der Waals surface area contributed by atoms with Gasteiger partial charge in [-0.2, -0.15) is 0 Å². The summed E-state index contributed by atoms with van der Waals surface area (Å²) in [5.41, 5.74) is 1.06. The third kappa shape index (κ3) is 4.00. The lowest BCUT2D eigenvalue weighted by atomic mass is 10.1. The molecule has 1 unspecified atom stereocenters. The molecule has 0 saturated heterocycles. The maximum Gasteiger partial charge on any atom is 0.0715 e. The average molecular weight is 348 g/mol. The molecule has 1 atom stereocenters. The lowest BCUT2D eigenvalue weighted by Gasteiger charge is -2.18. The fraction of sp³-hybridized carbons (Fsp3) is 0.417. The second kappa shape index (κ2) is 7.20. The van der Waals surface area contributed by atoms with Gasteiger partial charge in [0.25, 0.3) is 0 Å². The molecule has 88 valence electrons. The molecule has 0 amide bonds. The molecule has 1 N–H and O–H groups in total. The third-order valence-corrected chi connectivity index (χ3v) is 3.35. The van der Waals surface area contributed by atoms with Crippen LogP contribution in [0.25, 0.3) is 0 Å². The van der Waals surface area contributed by atoms with Crippen LogP contribution in [0.15, 0.2) is 33.9 Å². The predicted molar refractivity (Wildman–Crippen MR) is 75.5 cm³/mol. The Balaban J connectivity index is 2.86. The zero-order valence-electron chi connectivity index (χ0n) is 9.34. The molecule has 4 heteroatoms. The summed E-state index contributed by atoms with van der Waals surface area (Å²) < 4.78 is 2.03. The minimum absolute atomic E-state index is 0.283. The van der Waals surface area contributed by atoms with Gasteiger partial charge in [0, 0.05) is 15.1 Å². The third-order valence-electron chi connectivity index (χ3n) is 2.28. The number of nitrogens with one attached hydrogen (secondary N) is 1. The fourth-order valence-electron chi connectivity index (χ4n) is 1.55. The van der Waals surface area contributed by atoms with Gasteiger partial charge in [0.15, 0.2) is 0 Å². The summed E-state index contributed by atoms with van der Waals surface area (Å²) in [5, 5.41) is 3.44. The maximum absolute atomic E-state index is 4.46. The Bertz CT molecular complexity index is 353. The number of aromatic nitrogens is 1. The first-order valence-corrected chi connectivity index (χ1v) is 6.92. The van der Waals surface area contributed by atoms with Crippen molar-refractivity contribution in [3.63, 3.8) is 0 Å². The van der Waals surface area contributed by atoms with Crippen LogP contribution in [-0.2, 0) is 0 Å². The number of pyridine rings is 1. The second-order valence-electron chi connectivity index (χ2n) is 3.50. The van der Waals surface area contributed by atoms with Crippen LogP contribution < -0.4 is 5.32 Å². The lowest BCUT2D eigenvalue weighted by Crippen LogP contribution is -2.22. The molecule has 1 heterocycles. The molecular formula is C12H16Br2N2. The monoisotopic (exact) mass is 346 g/mol. The highest BCUT2D eigenvalue weighted by Crippen LogP contribution is 2.27. The highest BCUT2D eigenvalue weighted by Gasteiger charge is 2.14. The lowest BCUT2D eigenvalue weighted by molar-refractivity contribution is 0.506. The zero-order valence-corrected chi connectivity index (χ0v) is 12.5. The van der Waals surface area contributed by atoms with Gasteiger partial charge in [-0.15, -0.1) is 6.58 Å². The summed E-state index contributed by atoms with van der Waals surface area (Å²) >= 11 is 6.96. The summed E-state index contributed by atoms with van der Waals surface area (Å²) in [6.45, 7) is 6.80. The van der Waals surface area contributed by atoms with E-state index in [0.29, 0.717) is 0 Å². The van der Waals surface area contributed by atoms with Gasteiger partial charge in [-0.1, -0.05) is 13.0 Å². The molecule has 0 aliphatic carbocycles. The first-order valence-electron chi connectivity index (χ1n) is 5.34. The molecule has 1 aromatic heterocycles. The van der Waals surface area contributed by atoms with Crippen LogP contribution in [0.4, 0.5) is 0 Å². The van der Waals surface area contributed by atoms with Gasteiger partial charge in [0.05, 0.1) is 11.7 Å². The molecule has 0 aliphatic heterocycles. The van der Waals surface area contributed by atoms with Gasteiger partial charge >= 0.3 is 0 Å². The Kier molecular flexibility index (Phi) is 6.24. The standard InChI is InChI=1S/C12H16Br2N2/c1-3-5-6-11(15-4-2)12-10(14)7-9(13)8-16-12/h3,7-8,11,15H,1,4-6H2,2H3. The van der Waals surface area contributed by atoms with E-state index in [-0.39, 0.29) is 6.04 Å². The smallest absolute Gasteiger partial charge is 0.0715 e. The van der Waals surface area contributed by atoms with Crippen molar-refractivity contribution in [3.8, 4) is 0 Å². The molecule has 1 aromatic rings. The van der Waals surface area contributed by atoms with Gasteiger partial charge in [-0.05, 0) is 57.3 Å². The number of allylic oxidation sites excluding steroid dienone is 1. The summed E-state index contributed by atoms with van der Waals surface area (Å²) in [6, 6.07) is 2.31. The second-order valence-corrected chi connectivity index (χ2v) is 5.27. The van der Waals surface area contributed by atoms with Crippen LogP contribution in [0.5, 0.6) is 0 Å². The highest BCUT2D eigenvalue weighted by atomic mass is 79.9. The molecule has 2 nitrogen and oxygen atoms in total. The summed E-state index contributed by atoms with van der Waals surface area (Å²) in [7, 11) is 0. The van der Waals surface area contributed by atoms with Crippen molar-refractivity contribution < 1.29 is 0 Å². The quantitative estimate of drug-likeness (QED) is 0.779. The molecular weight excluding hydrogens is 332 g/mol. The minimum Gasteiger partial charge on any atom is -0.309 e. The number of rotatable bonds is 6. The number of hydrogen-bond donors (Lipinski definition) is 1. The van der Waals surface area contributed by atoms with Crippen molar-refractivity contribution in [2.75, 3.05) is 6.54 Å². The fourth-order valence-corrected chi connectivity index (χ4v) is 2.81. The minimum atomic E-state index is 0.283. The molecule has 0 aromatic carbocycles. The molecule has 0 aliphatic rings. The normalized spacial score (nSPS) is 12.4. The number of hydrogen-bond acceptors (Lipinski definition) is 2. The van der Waals surface area contributed by atoms with Crippen molar-refractivity contribution in [1.82, 2.24) is 10.3 Å². The zero-order chi connectivity index (χ0) is 12.0. The first-order chi connectivity index (χ1) is 7.69. The summed E-state index contributed by atoms with van der Waals surface area (Å²) in [6.07, 6.45) is 5.78.